The molecule has 0 amide bonds. The molecule has 0 atom stereocenters. The van der Waals surface area contributed by atoms with Gasteiger partial charge < -0.3 is 5.43 Å². The van der Waals surface area contributed by atoms with Gasteiger partial charge in [0.25, 0.3) is 0 Å². The third-order valence-corrected chi connectivity index (χ3v) is 1.75. The molecular weight excluding hydrogens is 187 g/mol. The maximum atomic E-state index is 5.74. The number of halogens is 2. The van der Waals surface area contributed by atoms with Crippen molar-refractivity contribution in [2.24, 2.45) is 5.84 Å². The smallest absolute Gasteiger partial charge is 0.224 e. The largest absolute Gasteiger partial charge is 0.307 e. The lowest BCUT2D eigenvalue weighted by molar-refractivity contribution is 1.09. The lowest BCUT2D eigenvalue weighted by Crippen LogP contribution is -2.10. The van der Waals surface area contributed by atoms with Gasteiger partial charge in [-0.05, 0) is 18.5 Å². The number of nitrogens with one attached hydrogen (secondary N) is 1. The van der Waals surface area contributed by atoms with E-state index in [2.05, 4.69) is 15.4 Å². The Morgan fingerprint density at radius 1 is 1.36 bits per heavy atom. The van der Waals surface area contributed by atoms with E-state index in [1.807, 2.05) is 0 Å². The zero-order chi connectivity index (χ0) is 8.43. The van der Waals surface area contributed by atoms with Crippen LogP contribution >= 0.6 is 23.2 Å². The zero-order valence-electron chi connectivity index (χ0n) is 5.73. The maximum absolute atomic E-state index is 5.74. The second-order valence-corrected chi connectivity index (χ2v) is 2.60. The first-order valence-electron chi connectivity index (χ1n) is 2.81. The van der Waals surface area contributed by atoms with E-state index >= 15 is 0 Å². The molecule has 0 unspecified atom stereocenters. The van der Waals surface area contributed by atoms with Crippen LogP contribution in [0.4, 0.5) is 5.82 Å². The normalized spacial score (nSPS) is 9.82. The van der Waals surface area contributed by atoms with Gasteiger partial charge in [-0.1, -0.05) is 11.6 Å². The molecule has 1 aromatic rings. The molecular formula is C5H6Cl2N4. The van der Waals surface area contributed by atoms with Crippen LogP contribution in [0, 0.1) is 6.92 Å². The minimum absolute atomic E-state index is 0.125. The number of nitrogens with zero attached hydrogens (tertiary/aromatic N) is 2. The van der Waals surface area contributed by atoms with Gasteiger partial charge in [0, 0.05) is 0 Å². The summed E-state index contributed by atoms with van der Waals surface area (Å²) in [6.07, 6.45) is 0. The average Bonchev–Trinajstić information content (AvgIpc) is 1.96. The molecule has 0 saturated heterocycles. The van der Waals surface area contributed by atoms with Crippen molar-refractivity contribution in [2.45, 2.75) is 6.92 Å². The van der Waals surface area contributed by atoms with E-state index < -0.39 is 0 Å². The van der Waals surface area contributed by atoms with Crippen molar-refractivity contribution in [3.8, 4) is 0 Å². The van der Waals surface area contributed by atoms with Gasteiger partial charge in [0.05, 0.1) is 5.69 Å². The number of hydrogen-bond acceptors (Lipinski definition) is 4. The van der Waals surface area contributed by atoms with Gasteiger partial charge >= 0.3 is 0 Å². The molecule has 11 heavy (non-hydrogen) atoms. The van der Waals surface area contributed by atoms with E-state index in [1.54, 1.807) is 6.92 Å². The molecule has 0 aliphatic heterocycles. The first-order chi connectivity index (χ1) is 5.15. The summed E-state index contributed by atoms with van der Waals surface area (Å²) < 4.78 is 0. The lowest BCUT2D eigenvalue weighted by atomic mass is 10.4. The van der Waals surface area contributed by atoms with E-state index in [-0.39, 0.29) is 5.28 Å². The predicted molar refractivity (Wildman–Crippen MR) is 44.6 cm³/mol. The second kappa shape index (κ2) is 3.21. The van der Waals surface area contributed by atoms with Crippen LogP contribution < -0.4 is 11.3 Å². The number of nitrogen functional groups attached to an aromatic ring is 1. The Balaban J connectivity index is 3.24. The fraction of sp³-hybridized carbons (Fsp3) is 0.200. The number of rotatable bonds is 1. The third-order valence-electron chi connectivity index (χ3n) is 1.13. The van der Waals surface area contributed by atoms with Crippen LogP contribution in [-0.2, 0) is 0 Å². The molecule has 0 aromatic carbocycles. The highest BCUT2D eigenvalue weighted by molar-refractivity contribution is 6.34. The highest BCUT2D eigenvalue weighted by atomic mass is 35.5. The van der Waals surface area contributed by atoms with Crippen LogP contribution in [0.2, 0.25) is 10.3 Å². The number of anilines is 1. The van der Waals surface area contributed by atoms with Gasteiger partial charge in [-0.3, -0.25) is 0 Å². The highest BCUT2D eigenvalue weighted by Gasteiger charge is 2.06. The summed E-state index contributed by atoms with van der Waals surface area (Å²) in [6, 6.07) is 0. The van der Waals surface area contributed by atoms with E-state index in [1.165, 1.54) is 0 Å². The minimum Gasteiger partial charge on any atom is -0.307 e. The molecule has 0 spiro atoms. The number of aromatic nitrogens is 2. The first-order valence-corrected chi connectivity index (χ1v) is 3.57. The molecule has 0 radical (unpaired) electrons. The number of hydrazine groups is 1. The molecule has 3 N–H and O–H groups in total. The molecule has 4 nitrogen and oxygen atoms in total. The Labute approximate surface area is 73.7 Å². The molecule has 6 heteroatoms. The minimum atomic E-state index is 0.125. The van der Waals surface area contributed by atoms with E-state index in [4.69, 9.17) is 29.0 Å². The van der Waals surface area contributed by atoms with Crippen molar-refractivity contribution in [2.75, 3.05) is 5.43 Å². The highest BCUT2D eigenvalue weighted by Crippen LogP contribution is 2.22. The topological polar surface area (TPSA) is 63.8 Å². The van der Waals surface area contributed by atoms with Crippen molar-refractivity contribution in [1.82, 2.24) is 9.97 Å². The van der Waals surface area contributed by atoms with Gasteiger partial charge in [0.1, 0.15) is 5.02 Å². The van der Waals surface area contributed by atoms with Crippen LogP contribution in [0.15, 0.2) is 0 Å². The monoisotopic (exact) mass is 192 g/mol. The van der Waals surface area contributed by atoms with Crippen LogP contribution in [-0.4, -0.2) is 9.97 Å². The standard InChI is InChI=1S/C5H6Cl2N4/c1-2-3(6)4(11-8)10-5(7)9-2/h8H2,1H3,(H,9,10,11). The van der Waals surface area contributed by atoms with Gasteiger partial charge in [-0.2, -0.15) is 4.98 Å². The van der Waals surface area contributed by atoms with Crippen molar-refractivity contribution >= 4 is 29.0 Å². The summed E-state index contributed by atoms with van der Waals surface area (Å²) in [4.78, 5) is 7.55. The first kappa shape index (κ1) is 8.52. The quantitative estimate of drug-likeness (QED) is 0.401. The van der Waals surface area contributed by atoms with Gasteiger partial charge in [-0.15, -0.1) is 0 Å². The van der Waals surface area contributed by atoms with Crippen molar-refractivity contribution in [1.29, 1.82) is 0 Å². The van der Waals surface area contributed by atoms with Gasteiger partial charge in [0.2, 0.25) is 5.28 Å². The van der Waals surface area contributed by atoms with Crippen LogP contribution in [0.3, 0.4) is 0 Å². The van der Waals surface area contributed by atoms with Crippen LogP contribution in [0.25, 0.3) is 0 Å². The Morgan fingerprint density at radius 3 is 2.55 bits per heavy atom. The lowest BCUT2D eigenvalue weighted by Gasteiger charge is -2.03. The van der Waals surface area contributed by atoms with Crippen LogP contribution in [0.1, 0.15) is 5.69 Å². The molecule has 0 fully saturated rings. The summed E-state index contributed by atoms with van der Waals surface area (Å²) in [5, 5.41) is 0.511. The number of hydrogen-bond donors (Lipinski definition) is 2. The van der Waals surface area contributed by atoms with Crippen LogP contribution in [0.5, 0.6) is 0 Å². The third kappa shape index (κ3) is 1.71. The summed E-state index contributed by atoms with van der Waals surface area (Å²) >= 11 is 11.3. The van der Waals surface area contributed by atoms with Gasteiger partial charge in [-0.25, -0.2) is 10.8 Å². The molecule has 60 valence electrons. The van der Waals surface area contributed by atoms with E-state index in [0.29, 0.717) is 16.5 Å². The Kier molecular flexibility index (Phi) is 2.49. The molecule has 0 bridgehead atoms. The molecule has 1 aromatic heterocycles. The summed E-state index contributed by atoms with van der Waals surface area (Å²) in [5.74, 6) is 5.44. The molecule has 1 heterocycles. The summed E-state index contributed by atoms with van der Waals surface area (Å²) in [5.41, 5.74) is 2.91. The van der Waals surface area contributed by atoms with Crippen molar-refractivity contribution in [3.05, 3.63) is 16.0 Å². The zero-order valence-corrected chi connectivity index (χ0v) is 7.24. The molecule has 0 aliphatic carbocycles. The average molecular weight is 193 g/mol. The number of nitrogens with two attached hydrogens (primary N) is 1. The molecule has 1 rings (SSSR count). The predicted octanol–water partition coefficient (Wildman–Crippen LogP) is 1.38. The summed E-state index contributed by atoms with van der Waals surface area (Å²) in [6.45, 7) is 1.72. The van der Waals surface area contributed by atoms with Gasteiger partial charge in [0.15, 0.2) is 5.82 Å². The second-order valence-electron chi connectivity index (χ2n) is 1.88. The maximum Gasteiger partial charge on any atom is 0.224 e. The fourth-order valence-corrected chi connectivity index (χ4v) is 0.971. The molecule has 0 aliphatic rings. The summed E-state index contributed by atoms with van der Waals surface area (Å²) in [7, 11) is 0. The Morgan fingerprint density at radius 2 is 2.00 bits per heavy atom. The Hall–Kier alpha value is -0.580. The van der Waals surface area contributed by atoms with Crippen molar-refractivity contribution < 1.29 is 0 Å². The van der Waals surface area contributed by atoms with Crippen molar-refractivity contribution in [3.63, 3.8) is 0 Å². The van der Waals surface area contributed by atoms with E-state index in [0.717, 1.165) is 0 Å². The molecule has 0 saturated carbocycles. The number of aryl methyl sites for hydroxylation is 1. The Bertz CT molecular complexity index is 275. The SMILES string of the molecule is Cc1nc(Cl)nc(NN)c1Cl. The van der Waals surface area contributed by atoms with E-state index in [9.17, 15) is 0 Å². The fourth-order valence-electron chi connectivity index (χ4n) is 0.621.